The minimum atomic E-state index is -1.18. The Morgan fingerprint density at radius 3 is 1.21 bits per heavy atom. The van der Waals surface area contributed by atoms with Gasteiger partial charge in [-0.25, -0.2) is 31.9 Å². The topological polar surface area (TPSA) is 191 Å². The van der Waals surface area contributed by atoms with Crippen LogP contribution in [0.15, 0.2) is 191 Å². The van der Waals surface area contributed by atoms with E-state index in [2.05, 4.69) is 66.8 Å². The largest absolute Gasteiger partial charge is 0.478 e. The van der Waals surface area contributed by atoms with Gasteiger partial charge >= 0.3 is 17.9 Å². The Balaban J connectivity index is 0.000000116. The maximum Gasteiger partial charge on any atom is 0.335 e. The van der Waals surface area contributed by atoms with Crippen LogP contribution in [0.1, 0.15) is 140 Å². The van der Waals surface area contributed by atoms with E-state index in [-0.39, 0.29) is 63.1 Å². The highest BCUT2D eigenvalue weighted by Gasteiger charge is 2.47. The Morgan fingerprint density at radius 1 is 0.448 bits per heavy atom. The number of benzene rings is 9. The molecule has 0 amide bonds. The second-order valence-electron chi connectivity index (χ2n) is 28.4. The number of carboxylic acids is 3. The molecule has 7 aliphatic rings. The zero-order chi connectivity index (χ0) is 72.2. The lowest BCUT2D eigenvalue weighted by Gasteiger charge is -2.42. The molecule has 7 aliphatic heterocycles. The van der Waals surface area contributed by atoms with Crippen molar-refractivity contribution in [3.63, 3.8) is 0 Å². The van der Waals surface area contributed by atoms with Gasteiger partial charge < -0.3 is 43.2 Å². The fraction of sp³-hybridized carbons (Fsp3) is 0.233. The zero-order valence-corrected chi connectivity index (χ0v) is 57.4. The molecule has 19 heteroatoms. The molecule has 0 aliphatic carbocycles. The van der Waals surface area contributed by atoms with Crippen molar-refractivity contribution in [2.75, 3.05) is 26.4 Å². The third-order valence-corrected chi connectivity index (χ3v) is 22.3. The molecule has 3 aromatic heterocycles. The third-order valence-electron chi connectivity index (χ3n) is 22.3. The van der Waals surface area contributed by atoms with E-state index >= 15 is 4.39 Å². The summed E-state index contributed by atoms with van der Waals surface area (Å²) >= 11 is 0. The van der Waals surface area contributed by atoms with E-state index in [1.165, 1.54) is 53.7 Å². The van der Waals surface area contributed by atoms with Gasteiger partial charge in [0, 0.05) is 97.1 Å². The number of carboxylic acid groups (broad SMARTS) is 3. The normalized spacial score (nSPS) is 18.1. The van der Waals surface area contributed by atoms with E-state index in [0.717, 1.165) is 156 Å². The quantitative estimate of drug-likeness (QED) is 0.0889. The zero-order valence-electron chi connectivity index (χ0n) is 57.4. The van der Waals surface area contributed by atoms with Crippen LogP contribution in [0.25, 0.3) is 83.2 Å². The first-order chi connectivity index (χ1) is 51.0. The van der Waals surface area contributed by atoms with Crippen molar-refractivity contribution < 1.29 is 61.5 Å². The summed E-state index contributed by atoms with van der Waals surface area (Å²) in [6.45, 7) is 8.24. The van der Waals surface area contributed by atoms with Crippen molar-refractivity contribution in [2.45, 2.75) is 101 Å². The SMILES string of the molecule is CCC1(c2c(-c3ccc(C(=O)O)cc3)c3cc4c(cc3n2-c2ccc(F)cc2)C=NC4)COC1.CCC1(c2c(-c3ccc(C(=O)O)cc3F)c3cc4c(cc3n2-c2ccc(F)cc2)C=NC4)COC1.O=C(O)c1ccc(-c2c(C3CC4CCC(C3)O4)n(-c3ccc(F)cc3)c3cc4c(cc23)CN=C4)cc1. The van der Waals surface area contributed by atoms with Crippen LogP contribution in [0.5, 0.6) is 0 Å². The summed E-state index contributed by atoms with van der Waals surface area (Å²) in [6.07, 6.45) is 11.9. The highest BCUT2D eigenvalue weighted by atomic mass is 19.1. The lowest BCUT2D eigenvalue weighted by molar-refractivity contribution is -0.0644. The van der Waals surface area contributed by atoms with Gasteiger partial charge in [-0.15, -0.1) is 0 Å². The average molecular weight is 1410 g/mol. The van der Waals surface area contributed by atoms with Gasteiger partial charge in [-0.05, 0) is 229 Å². The predicted octanol–water partition coefficient (Wildman–Crippen LogP) is 18.1. The molecule has 10 heterocycles. The van der Waals surface area contributed by atoms with Crippen LogP contribution >= 0.6 is 0 Å². The number of aromatic nitrogens is 3. The number of hydrogen-bond acceptors (Lipinski definition) is 9. The van der Waals surface area contributed by atoms with Crippen LogP contribution in [0.4, 0.5) is 17.6 Å². The number of nitrogens with zero attached hydrogens (tertiary/aromatic N) is 6. The van der Waals surface area contributed by atoms with E-state index in [1.807, 2.05) is 67.2 Å². The minimum Gasteiger partial charge on any atom is -0.478 e. The van der Waals surface area contributed by atoms with Gasteiger partial charge in [-0.2, -0.15) is 0 Å². The van der Waals surface area contributed by atoms with Gasteiger partial charge in [-0.1, -0.05) is 44.2 Å². The van der Waals surface area contributed by atoms with E-state index in [1.54, 1.807) is 54.6 Å². The molecule has 526 valence electrons. The molecule has 3 N–H and O–H groups in total. The van der Waals surface area contributed by atoms with Crippen LogP contribution in [-0.2, 0) is 44.7 Å². The van der Waals surface area contributed by atoms with E-state index < -0.39 is 23.7 Å². The average Bonchev–Trinajstić information content (AvgIpc) is 1.56. The summed E-state index contributed by atoms with van der Waals surface area (Å²) < 4.78 is 81.4. The second-order valence-corrected chi connectivity index (χ2v) is 28.4. The molecule has 0 saturated carbocycles. The molecule has 2 bridgehead atoms. The predicted molar refractivity (Wildman–Crippen MR) is 396 cm³/mol. The van der Waals surface area contributed by atoms with E-state index in [9.17, 15) is 42.9 Å². The molecular formula is C86H70F4N6O9. The molecule has 12 aromatic rings. The van der Waals surface area contributed by atoms with Crippen molar-refractivity contribution in [3.05, 3.63) is 266 Å². The van der Waals surface area contributed by atoms with Crippen molar-refractivity contribution >= 4 is 69.3 Å². The van der Waals surface area contributed by atoms with Gasteiger partial charge in [0.15, 0.2) is 0 Å². The summed E-state index contributed by atoms with van der Waals surface area (Å²) in [6, 6.07) is 50.7. The maximum absolute atomic E-state index is 15.6. The Kier molecular flexibility index (Phi) is 16.8. The number of hydrogen-bond donors (Lipinski definition) is 3. The fourth-order valence-electron chi connectivity index (χ4n) is 16.7. The molecule has 105 heavy (non-hydrogen) atoms. The Hall–Kier alpha value is -11.4. The lowest BCUT2D eigenvalue weighted by atomic mass is 9.76. The minimum absolute atomic E-state index is 0.110. The number of fused-ring (bicyclic) bond motifs is 8. The van der Waals surface area contributed by atoms with Crippen molar-refractivity contribution in [1.29, 1.82) is 0 Å². The van der Waals surface area contributed by atoms with Crippen molar-refractivity contribution in [2.24, 2.45) is 15.0 Å². The summed E-state index contributed by atoms with van der Waals surface area (Å²) in [7, 11) is 0. The molecule has 19 rings (SSSR count). The molecule has 2 atom stereocenters. The molecular weight excluding hydrogens is 1340 g/mol. The number of aromatic carboxylic acids is 3. The van der Waals surface area contributed by atoms with Crippen LogP contribution < -0.4 is 0 Å². The van der Waals surface area contributed by atoms with E-state index in [4.69, 9.17) is 14.2 Å². The van der Waals surface area contributed by atoms with Crippen LogP contribution in [0, 0.1) is 23.3 Å². The van der Waals surface area contributed by atoms with E-state index in [0.29, 0.717) is 57.2 Å². The van der Waals surface area contributed by atoms with Crippen molar-refractivity contribution in [3.8, 4) is 50.4 Å². The monoisotopic (exact) mass is 1410 g/mol. The standard InChI is InChI=1S/C30H25FN2O3.C28H22F2N2O3.C28H23FN2O3/c31-22-5-7-23(8-6-22)33-27-14-21-16-32-15-20(21)13-26(27)28(17-1-3-18(4-2-17)30(34)35)29(33)19-11-24-9-10-25(12-19)36-24;1-2-28(14-35-15-28)26-25(21-8-3-16(27(33)34)10-23(21)30)22-9-17-12-31-13-18(17)11-24(22)32(26)20-6-4-19(29)5-7-20;1-2-28(15-34-16-28)26-25(17-3-5-18(6-4-17)27(32)33)23-11-19-13-30-14-20(19)12-24(23)31(26)22-9-7-21(29)8-10-22/h1-8,13-14,16,19,24-25H,9-12,15H2,(H,34,35);3-11,13H,2,12,14-15H2,1H3,(H,33,34);3-12,14H,2,13,15-16H2,1H3,(H,32,33). The first kappa shape index (κ1) is 66.8. The number of ether oxygens (including phenoxy) is 3. The highest BCUT2D eigenvalue weighted by Crippen LogP contribution is 2.53. The maximum atomic E-state index is 15.6. The van der Waals surface area contributed by atoms with Crippen LogP contribution in [0.2, 0.25) is 0 Å². The molecule has 0 radical (unpaired) electrons. The van der Waals surface area contributed by atoms with Crippen LogP contribution in [-0.4, -0.2) is 104 Å². The van der Waals surface area contributed by atoms with Gasteiger partial charge in [0.2, 0.25) is 0 Å². The molecule has 9 aromatic carbocycles. The summed E-state index contributed by atoms with van der Waals surface area (Å²) in [5.41, 5.74) is 20.2. The summed E-state index contributed by atoms with van der Waals surface area (Å²) in [5.74, 6) is -4.29. The Morgan fingerprint density at radius 2 is 0.819 bits per heavy atom. The molecule has 2 unspecified atom stereocenters. The first-order valence-electron chi connectivity index (χ1n) is 35.4. The second kappa shape index (κ2) is 26.4. The molecule has 4 saturated heterocycles. The number of halogens is 4. The number of rotatable bonds is 14. The Labute approximate surface area is 600 Å². The number of carbonyl (C=O) groups is 3. The lowest BCUT2D eigenvalue weighted by Crippen LogP contribution is -2.47. The molecule has 0 spiro atoms. The van der Waals surface area contributed by atoms with Crippen LogP contribution in [0.3, 0.4) is 0 Å². The summed E-state index contributed by atoms with van der Waals surface area (Å²) in [4.78, 5) is 47.8. The third kappa shape index (κ3) is 11.5. The first-order valence-corrected chi connectivity index (χ1v) is 35.4. The van der Waals surface area contributed by atoms with Gasteiger partial charge in [0.25, 0.3) is 0 Å². The highest BCUT2D eigenvalue weighted by molar-refractivity contribution is 6.07. The van der Waals surface area contributed by atoms with Gasteiger partial charge in [0.05, 0.1) is 102 Å². The summed E-state index contributed by atoms with van der Waals surface area (Å²) in [5, 5.41) is 31.3. The fourth-order valence-corrected chi connectivity index (χ4v) is 16.7. The van der Waals surface area contributed by atoms with Crippen molar-refractivity contribution in [1.82, 2.24) is 13.7 Å². The molecule has 15 nitrogen and oxygen atoms in total. The number of aliphatic imine (C=N–C) groups is 3. The van der Waals surface area contributed by atoms with Gasteiger partial charge in [0.1, 0.15) is 23.3 Å². The smallest absolute Gasteiger partial charge is 0.335 e. The van der Waals surface area contributed by atoms with Gasteiger partial charge in [-0.3, -0.25) is 15.0 Å². The Bertz CT molecular complexity index is 5610. The molecule has 4 fully saturated rings.